The third kappa shape index (κ3) is 3.06. The summed E-state index contributed by atoms with van der Waals surface area (Å²) in [5.41, 5.74) is 6.68. The fourth-order valence-corrected chi connectivity index (χ4v) is 4.96. The number of sulfone groups is 1. The Morgan fingerprint density at radius 2 is 1.81 bits per heavy atom. The van der Waals surface area contributed by atoms with Crippen molar-refractivity contribution in [2.45, 2.75) is 16.3 Å². The van der Waals surface area contributed by atoms with E-state index in [4.69, 9.17) is 10.2 Å². The first-order valence-electron chi connectivity index (χ1n) is 9.43. The Bertz CT molecular complexity index is 1590. The van der Waals surface area contributed by atoms with Gasteiger partial charge in [-0.15, -0.1) is 0 Å². The van der Waals surface area contributed by atoms with Crippen LogP contribution in [0, 0.1) is 0 Å². The van der Waals surface area contributed by atoms with E-state index in [0.717, 1.165) is 0 Å². The van der Waals surface area contributed by atoms with Gasteiger partial charge in [0.25, 0.3) is 11.2 Å². The third-order valence-electron chi connectivity index (χ3n) is 5.06. The number of aromatic nitrogens is 3. The van der Waals surface area contributed by atoms with Crippen molar-refractivity contribution in [2.24, 2.45) is 0 Å². The second-order valence-corrected chi connectivity index (χ2v) is 8.88. The highest BCUT2D eigenvalue weighted by Gasteiger charge is 2.29. The fraction of sp³-hybridized carbons (Fsp3) is 0.0455. The van der Waals surface area contributed by atoms with Crippen LogP contribution in [-0.4, -0.2) is 17.8 Å². The van der Waals surface area contributed by atoms with Gasteiger partial charge in [0.05, 0.1) is 11.2 Å². The predicted octanol–water partition coefficient (Wildman–Crippen LogP) is 2.19. The van der Waals surface area contributed by atoms with Crippen LogP contribution < -0.4 is 15.9 Å². The zero-order valence-corrected chi connectivity index (χ0v) is 17.0. The summed E-state index contributed by atoms with van der Waals surface area (Å²) in [5, 5.41) is 0.138. The van der Waals surface area contributed by atoms with E-state index in [0.29, 0.717) is 11.4 Å². The van der Waals surface area contributed by atoms with Gasteiger partial charge in [-0.3, -0.25) is 9.20 Å². The number of hydrogen-bond donors (Lipinski definition) is 1. The maximum absolute atomic E-state index is 13.4. The van der Waals surface area contributed by atoms with Crippen molar-refractivity contribution in [3.05, 3.63) is 95.3 Å². The van der Waals surface area contributed by atoms with E-state index in [1.807, 2.05) is 0 Å². The molecule has 0 atom stereocenters. The van der Waals surface area contributed by atoms with Gasteiger partial charge in [0, 0.05) is 6.20 Å². The van der Waals surface area contributed by atoms with Gasteiger partial charge in [0.1, 0.15) is 22.6 Å². The van der Waals surface area contributed by atoms with Gasteiger partial charge in [-0.25, -0.2) is 13.0 Å². The number of nitrogen functional groups attached to an aromatic ring is 1. The van der Waals surface area contributed by atoms with Crippen LogP contribution in [-0.2, 0) is 16.4 Å². The monoisotopic (exact) mass is 433 g/mol. The van der Waals surface area contributed by atoms with Crippen LogP contribution in [0.3, 0.4) is 0 Å². The smallest absolute Gasteiger partial charge is 0.278 e. The van der Waals surface area contributed by atoms with Crippen LogP contribution in [0.15, 0.2) is 98.2 Å². The molecule has 9 heteroatoms. The first-order valence-corrected chi connectivity index (χ1v) is 10.9. The number of nitrogens with zero attached hydrogens (tertiary/aromatic N) is 3. The number of furan rings is 1. The van der Waals surface area contributed by atoms with Crippen LogP contribution in [0.4, 0.5) is 5.82 Å². The molecule has 0 saturated carbocycles. The highest BCUT2D eigenvalue weighted by atomic mass is 32.2. The summed E-state index contributed by atoms with van der Waals surface area (Å²) in [6.45, 7) is 0.114. The molecule has 0 aliphatic rings. The summed E-state index contributed by atoms with van der Waals surface area (Å²) in [7, 11) is -3.98. The van der Waals surface area contributed by atoms with Crippen molar-refractivity contribution in [1.82, 2.24) is 9.38 Å². The minimum absolute atomic E-state index is 0.0278. The van der Waals surface area contributed by atoms with Gasteiger partial charge in [-0.2, -0.15) is 0 Å². The zero-order chi connectivity index (χ0) is 21.6. The molecule has 2 N–H and O–H groups in total. The summed E-state index contributed by atoms with van der Waals surface area (Å²) in [4.78, 5) is 17.7. The quantitative estimate of drug-likeness (QED) is 0.344. The molecule has 5 rings (SSSR count). The van der Waals surface area contributed by atoms with Crippen LogP contribution in [0.1, 0.15) is 5.76 Å². The van der Waals surface area contributed by atoms with Crippen LogP contribution in [0.2, 0.25) is 0 Å². The molecule has 0 aliphatic heterocycles. The lowest BCUT2D eigenvalue weighted by molar-refractivity contribution is -0.653. The van der Waals surface area contributed by atoms with Crippen molar-refractivity contribution in [3.63, 3.8) is 0 Å². The molecular formula is C22H17N4O4S+. The van der Waals surface area contributed by atoms with Crippen molar-refractivity contribution < 1.29 is 17.4 Å². The molecule has 0 radical (unpaired) electrons. The van der Waals surface area contributed by atoms with Crippen molar-refractivity contribution >= 4 is 32.3 Å². The second kappa shape index (κ2) is 7.06. The molecule has 4 aromatic heterocycles. The lowest BCUT2D eigenvalue weighted by Crippen LogP contribution is -2.42. The molecule has 1 aromatic carbocycles. The SMILES string of the molecule is Nc1c(S(=O)(=O)c2ccccc2)cc2c(=O)n3ccccc3nc2[n+]1Cc1ccco1. The maximum atomic E-state index is 13.4. The van der Waals surface area contributed by atoms with E-state index in [9.17, 15) is 13.2 Å². The van der Waals surface area contributed by atoms with Crippen LogP contribution in [0.25, 0.3) is 16.7 Å². The van der Waals surface area contributed by atoms with E-state index in [2.05, 4.69) is 4.98 Å². The molecule has 0 unspecified atom stereocenters. The van der Waals surface area contributed by atoms with E-state index in [1.54, 1.807) is 54.7 Å². The number of hydrogen-bond acceptors (Lipinski definition) is 6. The largest absolute Gasteiger partial charge is 0.466 e. The second-order valence-electron chi connectivity index (χ2n) is 6.96. The average molecular weight is 433 g/mol. The predicted molar refractivity (Wildman–Crippen MR) is 113 cm³/mol. The van der Waals surface area contributed by atoms with Gasteiger partial charge in [0.15, 0.2) is 0 Å². The summed E-state index contributed by atoms with van der Waals surface area (Å²) < 4.78 is 35.1. The van der Waals surface area contributed by atoms with Gasteiger partial charge < -0.3 is 10.2 Å². The molecule has 31 heavy (non-hydrogen) atoms. The van der Waals surface area contributed by atoms with Gasteiger partial charge >= 0.3 is 0 Å². The number of nitrogens with two attached hydrogens (primary N) is 1. The first-order chi connectivity index (χ1) is 15.0. The highest BCUT2D eigenvalue weighted by Crippen LogP contribution is 2.26. The van der Waals surface area contributed by atoms with Gasteiger partial charge in [-0.1, -0.05) is 29.2 Å². The summed E-state index contributed by atoms with van der Waals surface area (Å²) in [5.74, 6) is 0.516. The topological polar surface area (TPSA) is 112 Å². The number of fused-ring (bicyclic) bond motifs is 2. The molecule has 0 bridgehead atoms. The summed E-state index contributed by atoms with van der Waals surface area (Å²) in [6, 6.07) is 17.9. The highest BCUT2D eigenvalue weighted by molar-refractivity contribution is 7.91. The Morgan fingerprint density at radius 1 is 1.03 bits per heavy atom. The number of benzene rings is 1. The van der Waals surface area contributed by atoms with E-state index >= 15 is 0 Å². The normalized spacial score (nSPS) is 11.9. The van der Waals surface area contributed by atoms with Crippen molar-refractivity contribution in [3.8, 4) is 0 Å². The van der Waals surface area contributed by atoms with Gasteiger partial charge in [0.2, 0.25) is 21.3 Å². The molecule has 8 nitrogen and oxygen atoms in total. The lowest BCUT2D eigenvalue weighted by atomic mass is 10.3. The maximum Gasteiger partial charge on any atom is 0.278 e. The molecule has 154 valence electrons. The minimum atomic E-state index is -3.98. The van der Waals surface area contributed by atoms with Crippen molar-refractivity contribution in [2.75, 3.05) is 5.73 Å². The molecule has 0 amide bonds. The lowest BCUT2D eigenvalue weighted by Gasteiger charge is -2.12. The van der Waals surface area contributed by atoms with Crippen LogP contribution in [0.5, 0.6) is 0 Å². The Labute approximate surface area is 176 Å². The average Bonchev–Trinajstić information content (AvgIpc) is 3.30. The standard InChI is InChI=1S/C22H16N4O4S/c23-20-18(31(28,29)16-8-2-1-3-9-16)13-17-21(26(20)14-15-7-6-12-30-15)24-19-10-4-5-11-25(19)22(17)27/h1-13,23H,14H2/p+1. The molecule has 0 fully saturated rings. The Kier molecular flexibility index (Phi) is 4.33. The molecule has 0 spiro atoms. The minimum Gasteiger partial charge on any atom is -0.466 e. The van der Waals surface area contributed by atoms with Crippen molar-refractivity contribution in [1.29, 1.82) is 0 Å². The zero-order valence-electron chi connectivity index (χ0n) is 16.2. The van der Waals surface area contributed by atoms with E-state index in [1.165, 1.54) is 33.4 Å². The molecule has 0 saturated heterocycles. The Hall–Kier alpha value is -3.98. The molecule has 4 heterocycles. The molecular weight excluding hydrogens is 416 g/mol. The summed E-state index contributed by atoms with van der Waals surface area (Å²) >= 11 is 0. The third-order valence-corrected chi connectivity index (χ3v) is 6.86. The van der Waals surface area contributed by atoms with E-state index < -0.39 is 15.4 Å². The molecule has 0 aliphatic carbocycles. The molecule has 5 aromatic rings. The fourth-order valence-electron chi connectivity index (χ4n) is 3.54. The van der Waals surface area contributed by atoms with Gasteiger partial charge in [-0.05, 0) is 42.5 Å². The number of pyridine rings is 2. The first kappa shape index (κ1) is 19.0. The van der Waals surface area contributed by atoms with Crippen LogP contribution >= 0.6 is 0 Å². The Morgan fingerprint density at radius 3 is 2.55 bits per heavy atom. The number of anilines is 1. The number of rotatable bonds is 4. The summed E-state index contributed by atoms with van der Waals surface area (Å²) in [6.07, 6.45) is 3.10. The van der Waals surface area contributed by atoms with E-state index in [-0.39, 0.29) is 33.2 Å². The Balaban J connectivity index is 1.89.